The Morgan fingerprint density at radius 2 is 1.90 bits per heavy atom. The molecule has 8 heteroatoms. The molecule has 4 aromatic rings. The second kappa shape index (κ2) is 7.56. The summed E-state index contributed by atoms with van der Waals surface area (Å²) in [7, 11) is -3.72. The average molecular weight is 408 g/mol. The van der Waals surface area contributed by atoms with Crippen molar-refractivity contribution in [2.75, 3.05) is 11.3 Å². The van der Waals surface area contributed by atoms with Gasteiger partial charge in [-0.3, -0.25) is 9.12 Å². The van der Waals surface area contributed by atoms with E-state index in [1.807, 2.05) is 36.6 Å². The van der Waals surface area contributed by atoms with E-state index in [0.29, 0.717) is 23.8 Å². The molecule has 0 aliphatic carbocycles. The van der Waals surface area contributed by atoms with Crippen molar-refractivity contribution in [3.05, 3.63) is 72.7 Å². The van der Waals surface area contributed by atoms with Crippen LogP contribution >= 0.6 is 0 Å². The first-order valence-electron chi connectivity index (χ1n) is 9.14. The van der Waals surface area contributed by atoms with Crippen molar-refractivity contribution in [2.45, 2.75) is 18.7 Å². The zero-order valence-corrected chi connectivity index (χ0v) is 16.8. The summed E-state index contributed by atoms with van der Waals surface area (Å²) < 4.78 is 35.4. The molecule has 0 unspecified atom stereocenters. The summed E-state index contributed by atoms with van der Waals surface area (Å²) in [6.07, 6.45) is 3.58. The lowest BCUT2D eigenvalue weighted by atomic mass is 10.1. The molecule has 0 aliphatic rings. The monoisotopic (exact) mass is 408 g/mol. The molecule has 7 nitrogen and oxygen atoms in total. The summed E-state index contributed by atoms with van der Waals surface area (Å²) in [4.78, 5) is 8.99. The van der Waals surface area contributed by atoms with E-state index in [1.165, 1.54) is 12.1 Å². The number of aromatic nitrogens is 3. The Labute approximate surface area is 169 Å². The Kier molecular flexibility index (Phi) is 4.94. The number of rotatable bonds is 6. The van der Waals surface area contributed by atoms with Crippen LogP contribution in [0, 0.1) is 6.92 Å². The molecule has 2 aromatic carbocycles. The summed E-state index contributed by atoms with van der Waals surface area (Å²) in [6, 6.07) is 15.3. The highest BCUT2D eigenvalue weighted by molar-refractivity contribution is 7.92. The summed E-state index contributed by atoms with van der Waals surface area (Å²) in [6.45, 7) is 4.35. The van der Waals surface area contributed by atoms with Gasteiger partial charge >= 0.3 is 0 Å². The Morgan fingerprint density at radius 3 is 2.62 bits per heavy atom. The molecule has 0 saturated heterocycles. The fraction of sp³-hybridized carbons (Fsp3) is 0.143. The molecule has 0 aliphatic heterocycles. The minimum absolute atomic E-state index is 0.166. The molecule has 0 atom stereocenters. The van der Waals surface area contributed by atoms with Crippen molar-refractivity contribution >= 4 is 21.5 Å². The van der Waals surface area contributed by atoms with Crippen LogP contribution in [0.1, 0.15) is 12.6 Å². The van der Waals surface area contributed by atoms with Crippen molar-refractivity contribution in [2.24, 2.45) is 0 Å². The van der Waals surface area contributed by atoms with Crippen LogP contribution in [0.2, 0.25) is 0 Å². The molecule has 0 radical (unpaired) electrons. The minimum Gasteiger partial charge on any atom is -0.494 e. The first-order valence-corrected chi connectivity index (χ1v) is 10.6. The Balaban J connectivity index is 1.64. The number of benzene rings is 2. The van der Waals surface area contributed by atoms with Gasteiger partial charge in [-0.1, -0.05) is 12.1 Å². The number of hydrogen-bond donors (Lipinski definition) is 1. The average Bonchev–Trinajstić information content (AvgIpc) is 3.06. The van der Waals surface area contributed by atoms with E-state index >= 15 is 0 Å². The third kappa shape index (κ3) is 3.79. The van der Waals surface area contributed by atoms with E-state index in [4.69, 9.17) is 4.74 Å². The van der Waals surface area contributed by atoms with Crippen LogP contribution in [0.25, 0.3) is 17.0 Å². The molecule has 0 fully saturated rings. The van der Waals surface area contributed by atoms with Gasteiger partial charge in [0.2, 0.25) is 5.78 Å². The normalized spacial score (nSPS) is 11.5. The van der Waals surface area contributed by atoms with E-state index in [-0.39, 0.29) is 4.90 Å². The lowest BCUT2D eigenvalue weighted by molar-refractivity contribution is 0.340. The highest BCUT2D eigenvalue weighted by Gasteiger charge is 2.16. The topological polar surface area (TPSA) is 85.6 Å². The van der Waals surface area contributed by atoms with Gasteiger partial charge in [-0.2, -0.15) is 0 Å². The van der Waals surface area contributed by atoms with Gasteiger partial charge in [0.25, 0.3) is 10.0 Å². The molecule has 0 spiro atoms. The van der Waals surface area contributed by atoms with E-state index < -0.39 is 10.0 Å². The molecular formula is C21H20N4O3S. The van der Waals surface area contributed by atoms with Crippen molar-refractivity contribution in [3.8, 4) is 17.0 Å². The fourth-order valence-corrected chi connectivity index (χ4v) is 4.15. The SMILES string of the molecule is CCOc1ccc(S(=O)(=O)Nc2cccc(-c3nc4ncccn4c3C)c2)cc1. The first-order chi connectivity index (χ1) is 14.0. The van der Waals surface area contributed by atoms with Crippen molar-refractivity contribution < 1.29 is 13.2 Å². The predicted octanol–water partition coefficient (Wildman–Crippen LogP) is 3.90. The van der Waals surface area contributed by atoms with E-state index in [2.05, 4.69) is 14.7 Å². The number of hydrogen-bond acceptors (Lipinski definition) is 5. The quantitative estimate of drug-likeness (QED) is 0.523. The van der Waals surface area contributed by atoms with Gasteiger partial charge in [0, 0.05) is 29.3 Å². The Morgan fingerprint density at radius 1 is 1.10 bits per heavy atom. The van der Waals surface area contributed by atoms with Gasteiger partial charge in [-0.15, -0.1) is 0 Å². The third-order valence-corrected chi connectivity index (χ3v) is 5.87. The molecule has 148 valence electrons. The second-order valence-electron chi connectivity index (χ2n) is 6.43. The summed E-state index contributed by atoms with van der Waals surface area (Å²) in [5, 5.41) is 0. The third-order valence-electron chi connectivity index (χ3n) is 4.48. The van der Waals surface area contributed by atoms with Crippen LogP contribution in [-0.2, 0) is 10.0 Å². The number of ether oxygens (including phenoxy) is 1. The van der Waals surface area contributed by atoms with Crippen molar-refractivity contribution in [1.82, 2.24) is 14.4 Å². The van der Waals surface area contributed by atoms with Crippen molar-refractivity contribution in [3.63, 3.8) is 0 Å². The zero-order valence-electron chi connectivity index (χ0n) is 16.0. The molecule has 1 N–H and O–H groups in total. The fourth-order valence-electron chi connectivity index (χ4n) is 3.10. The lowest BCUT2D eigenvalue weighted by Crippen LogP contribution is -2.12. The largest absolute Gasteiger partial charge is 0.494 e. The zero-order chi connectivity index (χ0) is 20.4. The second-order valence-corrected chi connectivity index (χ2v) is 8.11. The molecule has 0 saturated carbocycles. The number of nitrogens with zero attached hydrogens (tertiary/aromatic N) is 3. The molecule has 4 rings (SSSR count). The maximum absolute atomic E-state index is 12.7. The molecule has 2 heterocycles. The number of fused-ring (bicyclic) bond motifs is 1. The minimum atomic E-state index is -3.72. The van der Waals surface area contributed by atoms with Gasteiger partial charge in [0.1, 0.15) is 5.75 Å². The van der Waals surface area contributed by atoms with E-state index in [0.717, 1.165) is 17.0 Å². The molecular weight excluding hydrogens is 388 g/mol. The van der Waals surface area contributed by atoms with Crippen LogP contribution in [-0.4, -0.2) is 29.4 Å². The maximum atomic E-state index is 12.7. The van der Waals surface area contributed by atoms with Gasteiger partial charge < -0.3 is 4.74 Å². The van der Waals surface area contributed by atoms with Crippen LogP contribution in [0.4, 0.5) is 5.69 Å². The number of aryl methyl sites for hydroxylation is 1. The molecule has 29 heavy (non-hydrogen) atoms. The highest BCUT2D eigenvalue weighted by Crippen LogP contribution is 2.27. The summed E-state index contributed by atoms with van der Waals surface area (Å²) in [5.41, 5.74) is 2.95. The molecule has 0 amide bonds. The summed E-state index contributed by atoms with van der Waals surface area (Å²) >= 11 is 0. The standard InChI is InChI=1S/C21H20N4O3S/c1-3-28-18-8-10-19(11-9-18)29(26,27)24-17-7-4-6-16(14-17)20-15(2)25-13-5-12-22-21(25)23-20/h4-14,24H,3H2,1-2H3. The van der Waals surface area contributed by atoms with Gasteiger partial charge in [0.15, 0.2) is 0 Å². The van der Waals surface area contributed by atoms with Crippen LogP contribution in [0.5, 0.6) is 5.75 Å². The Hall–Kier alpha value is -3.39. The number of anilines is 1. The predicted molar refractivity (Wildman–Crippen MR) is 112 cm³/mol. The van der Waals surface area contributed by atoms with Crippen LogP contribution in [0.3, 0.4) is 0 Å². The van der Waals surface area contributed by atoms with Crippen molar-refractivity contribution in [1.29, 1.82) is 0 Å². The van der Waals surface area contributed by atoms with E-state index in [1.54, 1.807) is 36.5 Å². The van der Waals surface area contributed by atoms with E-state index in [9.17, 15) is 8.42 Å². The smallest absolute Gasteiger partial charge is 0.261 e. The lowest BCUT2D eigenvalue weighted by Gasteiger charge is -2.10. The molecule has 0 bridgehead atoms. The number of sulfonamides is 1. The van der Waals surface area contributed by atoms with Gasteiger partial charge in [-0.25, -0.2) is 18.4 Å². The number of imidazole rings is 1. The molecule has 2 aromatic heterocycles. The first kappa shape index (κ1) is 18.9. The summed E-state index contributed by atoms with van der Waals surface area (Å²) in [5.74, 6) is 1.23. The Bertz CT molecular complexity index is 1260. The maximum Gasteiger partial charge on any atom is 0.261 e. The van der Waals surface area contributed by atoms with Crippen LogP contribution in [0.15, 0.2) is 71.9 Å². The van der Waals surface area contributed by atoms with Gasteiger partial charge in [0.05, 0.1) is 17.2 Å². The van der Waals surface area contributed by atoms with Crippen LogP contribution < -0.4 is 9.46 Å². The van der Waals surface area contributed by atoms with Gasteiger partial charge in [-0.05, 0) is 56.3 Å². The highest BCUT2D eigenvalue weighted by atomic mass is 32.2. The number of nitrogens with one attached hydrogen (secondary N) is 1.